The van der Waals surface area contributed by atoms with Gasteiger partial charge in [0, 0.05) is 25.3 Å². The SMILES string of the molecule is COC(=O)C1(OC)CC=C(c2ccc(C#N)c(Nc3cc(C)n(C(=O)OC(C)(C)C)n3)n2)CC1. The number of aryl methyl sites for hydroxylation is 1. The molecule has 1 unspecified atom stereocenters. The van der Waals surface area contributed by atoms with Crippen LogP contribution in [0.2, 0.25) is 0 Å². The van der Waals surface area contributed by atoms with Crippen molar-refractivity contribution in [1.29, 1.82) is 5.26 Å². The molecule has 10 nitrogen and oxygen atoms in total. The quantitative estimate of drug-likeness (QED) is 0.646. The van der Waals surface area contributed by atoms with Crippen LogP contribution in [0.15, 0.2) is 24.3 Å². The lowest BCUT2D eigenvalue weighted by Gasteiger charge is -2.32. The largest absolute Gasteiger partial charge is 0.467 e. The number of pyridine rings is 1. The number of nitrogens with one attached hydrogen (secondary N) is 1. The first kappa shape index (κ1) is 24.9. The number of nitrogens with zero attached hydrogens (tertiary/aromatic N) is 4. The summed E-state index contributed by atoms with van der Waals surface area (Å²) in [6.07, 6.45) is 2.67. The van der Waals surface area contributed by atoms with E-state index in [1.54, 1.807) is 45.9 Å². The first-order valence-corrected chi connectivity index (χ1v) is 10.8. The second kappa shape index (κ2) is 9.65. The lowest BCUT2D eigenvalue weighted by Crippen LogP contribution is -2.42. The molecule has 1 atom stereocenters. The first-order valence-electron chi connectivity index (χ1n) is 10.8. The van der Waals surface area contributed by atoms with Crippen LogP contribution in [0.3, 0.4) is 0 Å². The van der Waals surface area contributed by atoms with E-state index in [9.17, 15) is 14.9 Å². The average Bonchev–Trinajstić information content (AvgIpc) is 3.17. The molecule has 34 heavy (non-hydrogen) atoms. The van der Waals surface area contributed by atoms with Crippen molar-refractivity contribution in [2.45, 2.75) is 58.2 Å². The van der Waals surface area contributed by atoms with Gasteiger partial charge >= 0.3 is 12.1 Å². The highest BCUT2D eigenvalue weighted by molar-refractivity contribution is 5.82. The molecule has 0 spiro atoms. The smallest absolute Gasteiger partial charge is 0.435 e. The highest BCUT2D eigenvalue weighted by Crippen LogP contribution is 2.36. The number of rotatable bonds is 5. The molecule has 10 heteroatoms. The van der Waals surface area contributed by atoms with Crippen LogP contribution in [0.25, 0.3) is 5.57 Å². The summed E-state index contributed by atoms with van der Waals surface area (Å²) in [5.41, 5.74) is 0.830. The van der Waals surface area contributed by atoms with Gasteiger partial charge in [-0.3, -0.25) is 0 Å². The van der Waals surface area contributed by atoms with Gasteiger partial charge in [-0.25, -0.2) is 14.6 Å². The van der Waals surface area contributed by atoms with E-state index in [4.69, 9.17) is 14.2 Å². The molecule has 180 valence electrons. The van der Waals surface area contributed by atoms with Crippen molar-refractivity contribution in [2.24, 2.45) is 0 Å². The van der Waals surface area contributed by atoms with E-state index >= 15 is 0 Å². The van der Waals surface area contributed by atoms with Crippen molar-refractivity contribution in [2.75, 3.05) is 19.5 Å². The Kier molecular flexibility index (Phi) is 7.07. The van der Waals surface area contributed by atoms with Gasteiger partial charge < -0.3 is 19.5 Å². The van der Waals surface area contributed by atoms with Gasteiger partial charge in [0.25, 0.3) is 0 Å². The molecule has 0 saturated carbocycles. The summed E-state index contributed by atoms with van der Waals surface area (Å²) in [6, 6.07) is 7.21. The highest BCUT2D eigenvalue weighted by atomic mass is 16.6. The van der Waals surface area contributed by atoms with Crippen LogP contribution in [0.5, 0.6) is 0 Å². The second-order valence-corrected chi connectivity index (χ2v) is 9.02. The second-order valence-electron chi connectivity index (χ2n) is 9.02. The zero-order valence-corrected chi connectivity index (χ0v) is 20.3. The maximum Gasteiger partial charge on any atom is 0.435 e. The summed E-state index contributed by atoms with van der Waals surface area (Å²) in [5, 5.41) is 16.9. The molecule has 0 saturated heterocycles. The minimum atomic E-state index is -1.00. The Morgan fingerprint density at radius 3 is 2.56 bits per heavy atom. The molecule has 0 fully saturated rings. The molecule has 2 aromatic rings. The molecule has 0 aliphatic heterocycles. The third-order valence-electron chi connectivity index (χ3n) is 5.47. The predicted octanol–water partition coefficient (Wildman–Crippen LogP) is 4.11. The van der Waals surface area contributed by atoms with Crippen LogP contribution in [0.4, 0.5) is 16.4 Å². The van der Waals surface area contributed by atoms with Crippen molar-refractivity contribution >= 4 is 29.3 Å². The van der Waals surface area contributed by atoms with E-state index in [0.717, 1.165) is 10.3 Å². The molecule has 0 amide bonds. The van der Waals surface area contributed by atoms with Gasteiger partial charge in [0.15, 0.2) is 11.4 Å². The summed E-state index contributed by atoms with van der Waals surface area (Å²) in [6.45, 7) is 7.06. The number of hydrogen-bond acceptors (Lipinski definition) is 9. The number of carbonyl (C=O) groups is 2. The zero-order valence-electron chi connectivity index (χ0n) is 20.3. The molecular weight excluding hydrogens is 438 g/mol. The number of allylic oxidation sites excluding steroid dienone is 1. The van der Waals surface area contributed by atoms with Crippen LogP contribution in [0, 0.1) is 18.3 Å². The predicted molar refractivity (Wildman–Crippen MR) is 124 cm³/mol. The van der Waals surface area contributed by atoms with Crippen LogP contribution in [-0.2, 0) is 19.0 Å². The first-order chi connectivity index (χ1) is 16.0. The van der Waals surface area contributed by atoms with Gasteiger partial charge in [-0.2, -0.15) is 9.94 Å². The molecule has 0 aromatic carbocycles. The number of nitriles is 1. The number of esters is 1. The van der Waals surface area contributed by atoms with E-state index in [-0.39, 0.29) is 0 Å². The Labute approximate surface area is 198 Å². The maximum absolute atomic E-state index is 12.4. The number of methoxy groups -OCH3 is 2. The molecule has 2 aromatic heterocycles. The van der Waals surface area contributed by atoms with Gasteiger partial charge in [0.1, 0.15) is 17.5 Å². The Morgan fingerprint density at radius 2 is 2.00 bits per heavy atom. The maximum atomic E-state index is 12.4. The fourth-order valence-corrected chi connectivity index (χ4v) is 3.67. The van der Waals surface area contributed by atoms with E-state index in [0.29, 0.717) is 47.8 Å². The normalized spacial score (nSPS) is 18.0. The molecule has 0 radical (unpaired) electrons. The van der Waals surface area contributed by atoms with E-state index < -0.39 is 23.3 Å². The standard InChI is InChI=1S/C24H29N5O5/c1-15-13-19(28-29(15)22(31)34-23(2,3)4)27-20-17(14-25)7-8-18(26-20)16-9-11-24(33-6,12-10-16)21(30)32-5/h7-9,13H,10-12H2,1-6H3,(H,26,27,28). The molecule has 1 aliphatic rings. The number of hydrogen-bond donors (Lipinski definition) is 1. The Bertz CT molecular complexity index is 1170. The summed E-state index contributed by atoms with van der Waals surface area (Å²) < 4.78 is 16.9. The summed E-state index contributed by atoms with van der Waals surface area (Å²) in [4.78, 5) is 29.2. The Hall–Kier alpha value is -3.71. The molecule has 2 heterocycles. The molecule has 3 rings (SSSR count). The lowest BCUT2D eigenvalue weighted by molar-refractivity contribution is -0.166. The lowest BCUT2D eigenvalue weighted by atomic mass is 9.84. The summed E-state index contributed by atoms with van der Waals surface area (Å²) in [7, 11) is 2.84. The van der Waals surface area contributed by atoms with Gasteiger partial charge in [-0.1, -0.05) is 6.08 Å². The van der Waals surface area contributed by atoms with Crippen molar-refractivity contribution in [3.05, 3.63) is 41.2 Å². The molecule has 1 aliphatic carbocycles. The van der Waals surface area contributed by atoms with Gasteiger partial charge in [0.05, 0.1) is 18.4 Å². The van der Waals surface area contributed by atoms with E-state index in [2.05, 4.69) is 21.5 Å². The fourth-order valence-electron chi connectivity index (χ4n) is 3.67. The molecular formula is C24H29N5O5. The van der Waals surface area contributed by atoms with Crippen LogP contribution in [-0.4, -0.2) is 52.2 Å². The van der Waals surface area contributed by atoms with Crippen LogP contribution in [0.1, 0.15) is 57.0 Å². The van der Waals surface area contributed by atoms with E-state index in [1.807, 2.05) is 6.08 Å². The Morgan fingerprint density at radius 1 is 1.26 bits per heavy atom. The Balaban J connectivity index is 1.86. The van der Waals surface area contributed by atoms with Crippen LogP contribution >= 0.6 is 0 Å². The van der Waals surface area contributed by atoms with Gasteiger partial charge in [0.2, 0.25) is 0 Å². The fraction of sp³-hybridized carbons (Fsp3) is 0.458. The third kappa shape index (κ3) is 5.26. The van der Waals surface area contributed by atoms with E-state index in [1.165, 1.54) is 14.2 Å². The molecule has 1 N–H and O–H groups in total. The van der Waals surface area contributed by atoms with Crippen LogP contribution < -0.4 is 5.32 Å². The van der Waals surface area contributed by atoms with Gasteiger partial charge in [-0.15, -0.1) is 5.10 Å². The average molecular weight is 468 g/mol. The topological polar surface area (TPSA) is 128 Å². The highest BCUT2D eigenvalue weighted by Gasteiger charge is 2.41. The van der Waals surface area contributed by atoms with Crippen molar-refractivity contribution in [1.82, 2.24) is 14.8 Å². The van der Waals surface area contributed by atoms with Gasteiger partial charge in [-0.05, 0) is 58.2 Å². The van der Waals surface area contributed by atoms with Crippen molar-refractivity contribution in [3.8, 4) is 6.07 Å². The summed E-state index contributed by atoms with van der Waals surface area (Å²) in [5.74, 6) is 0.258. The monoisotopic (exact) mass is 467 g/mol. The number of carbonyl (C=O) groups excluding carboxylic acids is 2. The molecule has 0 bridgehead atoms. The number of ether oxygens (including phenoxy) is 3. The minimum Gasteiger partial charge on any atom is -0.467 e. The summed E-state index contributed by atoms with van der Waals surface area (Å²) >= 11 is 0. The zero-order chi connectivity index (χ0) is 25.1. The number of aromatic nitrogens is 3. The minimum absolute atomic E-state index is 0.311. The van der Waals surface area contributed by atoms with Crippen molar-refractivity contribution < 1.29 is 23.8 Å². The van der Waals surface area contributed by atoms with Crippen molar-refractivity contribution in [3.63, 3.8) is 0 Å². The third-order valence-corrected chi connectivity index (χ3v) is 5.47. The number of anilines is 2.